The van der Waals surface area contributed by atoms with Crippen LogP contribution < -0.4 is 5.73 Å². The summed E-state index contributed by atoms with van der Waals surface area (Å²) in [5, 5.41) is 0. The number of rotatable bonds is 5. The van der Waals surface area contributed by atoms with Gasteiger partial charge in [0.2, 0.25) is 0 Å². The summed E-state index contributed by atoms with van der Waals surface area (Å²) in [5.74, 6) is 3.01. The van der Waals surface area contributed by atoms with E-state index in [0.717, 1.165) is 24.2 Å². The lowest BCUT2D eigenvalue weighted by molar-refractivity contribution is 0.0755. The Morgan fingerprint density at radius 1 is 1.21 bits per heavy atom. The van der Waals surface area contributed by atoms with Gasteiger partial charge in [-0.15, -0.1) is 0 Å². The van der Waals surface area contributed by atoms with E-state index in [9.17, 15) is 0 Å². The van der Waals surface area contributed by atoms with Crippen LogP contribution in [0.1, 0.15) is 59.8 Å². The van der Waals surface area contributed by atoms with Crippen molar-refractivity contribution in [3.05, 3.63) is 0 Å². The lowest BCUT2D eigenvalue weighted by Gasteiger charge is -2.43. The molecule has 0 spiro atoms. The van der Waals surface area contributed by atoms with Crippen LogP contribution in [-0.4, -0.2) is 30.6 Å². The molecule has 0 aromatic rings. The van der Waals surface area contributed by atoms with Gasteiger partial charge in [0.25, 0.3) is 0 Å². The molecular weight excluding hydrogens is 232 g/mol. The molecule has 0 aliphatic heterocycles. The van der Waals surface area contributed by atoms with Crippen LogP contribution in [0.5, 0.6) is 0 Å². The molecule has 2 fully saturated rings. The predicted octanol–water partition coefficient (Wildman–Crippen LogP) is 3.51. The largest absolute Gasteiger partial charge is 0.326 e. The minimum Gasteiger partial charge on any atom is -0.326 e. The standard InChI is InChI=1S/C17H34N2/c1-6-15(18)16(17(2,3)4)19(5)11-14-10-12-7-8-13(14)9-12/h12-16H,6-11,18H2,1-5H3. The van der Waals surface area contributed by atoms with E-state index in [1.54, 1.807) is 0 Å². The molecule has 0 aromatic heterocycles. The number of likely N-dealkylation sites (N-methyl/N-ethyl adjacent to an activating group) is 1. The molecule has 2 rings (SSSR count). The smallest absolute Gasteiger partial charge is 0.0292 e. The molecular formula is C17H34N2. The van der Waals surface area contributed by atoms with E-state index in [-0.39, 0.29) is 5.41 Å². The van der Waals surface area contributed by atoms with Gasteiger partial charge in [0.15, 0.2) is 0 Å². The van der Waals surface area contributed by atoms with Gasteiger partial charge < -0.3 is 10.6 Å². The molecule has 19 heavy (non-hydrogen) atoms. The Kier molecular flexibility index (Phi) is 4.62. The fourth-order valence-electron chi connectivity index (χ4n) is 4.94. The maximum absolute atomic E-state index is 6.41. The van der Waals surface area contributed by atoms with Crippen LogP contribution in [0.15, 0.2) is 0 Å². The SMILES string of the molecule is CCC(N)C(N(C)CC1CC2CCC1C2)C(C)(C)C. The minimum atomic E-state index is 0.266. The van der Waals surface area contributed by atoms with Gasteiger partial charge in [0.05, 0.1) is 0 Å². The van der Waals surface area contributed by atoms with E-state index < -0.39 is 0 Å². The lowest BCUT2D eigenvalue weighted by Crippen LogP contribution is -2.54. The van der Waals surface area contributed by atoms with Crippen molar-refractivity contribution in [1.82, 2.24) is 4.90 Å². The Morgan fingerprint density at radius 3 is 2.32 bits per heavy atom. The fourth-order valence-corrected chi connectivity index (χ4v) is 4.94. The summed E-state index contributed by atoms with van der Waals surface area (Å²) in [5.41, 5.74) is 6.68. The Bertz CT molecular complexity index is 294. The van der Waals surface area contributed by atoms with Gasteiger partial charge >= 0.3 is 0 Å². The number of nitrogens with two attached hydrogens (primary N) is 1. The van der Waals surface area contributed by atoms with Crippen LogP contribution in [-0.2, 0) is 0 Å². The first kappa shape index (κ1) is 15.3. The third kappa shape index (κ3) is 3.33. The van der Waals surface area contributed by atoms with Gasteiger partial charge in [0, 0.05) is 18.6 Å². The molecule has 0 radical (unpaired) electrons. The molecule has 2 aliphatic rings. The van der Waals surface area contributed by atoms with Gasteiger partial charge in [-0.25, -0.2) is 0 Å². The maximum Gasteiger partial charge on any atom is 0.0292 e. The van der Waals surface area contributed by atoms with Crippen molar-refractivity contribution >= 4 is 0 Å². The first-order valence-corrected chi connectivity index (χ1v) is 8.28. The fraction of sp³-hybridized carbons (Fsp3) is 1.00. The molecule has 2 heteroatoms. The van der Waals surface area contributed by atoms with Crippen LogP contribution in [0.3, 0.4) is 0 Å². The summed E-state index contributed by atoms with van der Waals surface area (Å²) < 4.78 is 0. The van der Waals surface area contributed by atoms with Gasteiger partial charge in [-0.3, -0.25) is 0 Å². The number of hydrogen-bond donors (Lipinski definition) is 1. The number of hydrogen-bond acceptors (Lipinski definition) is 2. The Morgan fingerprint density at radius 2 is 1.89 bits per heavy atom. The van der Waals surface area contributed by atoms with Gasteiger partial charge in [0.1, 0.15) is 0 Å². The summed E-state index contributed by atoms with van der Waals surface area (Å²) in [4.78, 5) is 2.58. The Labute approximate surface area is 120 Å². The first-order valence-electron chi connectivity index (χ1n) is 8.28. The highest BCUT2D eigenvalue weighted by molar-refractivity contribution is 4.94. The van der Waals surface area contributed by atoms with Crippen LogP contribution in [0.2, 0.25) is 0 Å². The Balaban J connectivity index is 1.97. The molecule has 0 saturated heterocycles. The molecule has 0 heterocycles. The zero-order valence-electron chi connectivity index (χ0n) is 13.7. The second-order valence-corrected chi connectivity index (χ2v) is 8.26. The third-order valence-corrected chi connectivity index (χ3v) is 5.65. The van der Waals surface area contributed by atoms with E-state index in [0.29, 0.717) is 12.1 Å². The highest BCUT2D eigenvalue weighted by Gasteiger charge is 2.41. The van der Waals surface area contributed by atoms with E-state index in [1.165, 1.54) is 32.2 Å². The third-order valence-electron chi connectivity index (χ3n) is 5.65. The highest BCUT2D eigenvalue weighted by atomic mass is 15.2. The van der Waals surface area contributed by atoms with Crippen LogP contribution in [0, 0.1) is 23.2 Å². The second-order valence-electron chi connectivity index (χ2n) is 8.26. The van der Waals surface area contributed by atoms with Crippen molar-refractivity contribution in [1.29, 1.82) is 0 Å². The summed E-state index contributed by atoms with van der Waals surface area (Å²) in [6.45, 7) is 10.5. The molecule has 2 bridgehead atoms. The van der Waals surface area contributed by atoms with Gasteiger partial charge in [-0.1, -0.05) is 34.1 Å². The maximum atomic E-state index is 6.41. The van der Waals surface area contributed by atoms with Crippen molar-refractivity contribution in [3.63, 3.8) is 0 Å². The van der Waals surface area contributed by atoms with Crippen LogP contribution in [0.25, 0.3) is 0 Å². The van der Waals surface area contributed by atoms with Gasteiger partial charge in [-0.2, -0.15) is 0 Å². The van der Waals surface area contributed by atoms with Crippen molar-refractivity contribution in [2.75, 3.05) is 13.6 Å². The molecule has 112 valence electrons. The molecule has 2 saturated carbocycles. The number of fused-ring (bicyclic) bond motifs is 2. The van der Waals surface area contributed by atoms with E-state index >= 15 is 0 Å². The zero-order valence-corrected chi connectivity index (χ0v) is 13.7. The normalized spacial score (nSPS) is 33.9. The summed E-state index contributed by atoms with van der Waals surface area (Å²) in [6.07, 6.45) is 7.06. The van der Waals surface area contributed by atoms with Crippen molar-refractivity contribution < 1.29 is 0 Å². The highest BCUT2D eigenvalue weighted by Crippen LogP contribution is 2.48. The zero-order chi connectivity index (χ0) is 14.2. The van der Waals surface area contributed by atoms with Crippen LogP contribution >= 0.6 is 0 Å². The van der Waals surface area contributed by atoms with Crippen molar-refractivity contribution in [2.45, 2.75) is 71.9 Å². The summed E-state index contributed by atoms with van der Waals surface area (Å²) in [7, 11) is 2.30. The summed E-state index contributed by atoms with van der Waals surface area (Å²) >= 11 is 0. The molecule has 2 N–H and O–H groups in total. The van der Waals surface area contributed by atoms with E-state index in [2.05, 4.69) is 39.6 Å². The summed E-state index contributed by atoms with van der Waals surface area (Å²) in [6, 6.07) is 0.792. The Hall–Kier alpha value is -0.0800. The average Bonchev–Trinajstić information content (AvgIpc) is 2.88. The quantitative estimate of drug-likeness (QED) is 0.825. The molecule has 5 atom stereocenters. The predicted molar refractivity (Wildman–Crippen MR) is 83.1 cm³/mol. The monoisotopic (exact) mass is 266 g/mol. The van der Waals surface area contributed by atoms with Gasteiger partial charge in [-0.05, 0) is 55.9 Å². The molecule has 2 nitrogen and oxygen atoms in total. The first-order chi connectivity index (χ1) is 8.82. The van der Waals surface area contributed by atoms with Crippen LogP contribution in [0.4, 0.5) is 0 Å². The minimum absolute atomic E-state index is 0.266. The molecule has 5 unspecified atom stereocenters. The molecule has 2 aliphatic carbocycles. The van der Waals surface area contributed by atoms with Crippen molar-refractivity contribution in [2.24, 2.45) is 28.9 Å². The van der Waals surface area contributed by atoms with Crippen molar-refractivity contribution in [3.8, 4) is 0 Å². The number of nitrogens with zero attached hydrogens (tertiary/aromatic N) is 1. The average molecular weight is 266 g/mol. The molecule has 0 aromatic carbocycles. The van der Waals surface area contributed by atoms with E-state index in [4.69, 9.17) is 5.73 Å². The molecule has 0 amide bonds. The second kappa shape index (κ2) is 5.73. The lowest BCUT2D eigenvalue weighted by atomic mass is 9.79. The topological polar surface area (TPSA) is 29.3 Å². The van der Waals surface area contributed by atoms with E-state index in [1.807, 2.05) is 0 Å².